The van der Waals surface area contributed by atoms with Crippen molar-refractivity contribution in [3.63, 3.8) is 0 Å². The number of hydrogen-bond acceptors (Lipinski definition) is 5. The van der Waals surface area contributed by atoms with Crippen molar-refractivity contribution in [2.75, 3.05) is 0 Å². The van der Waals surface area contributed by atoms with Crippen molar-refractivity contribution in [1.29, 1.82) is 0 Å². The van der Waals surface area contributed by atoms with Crippen LogP contribution in [0.25, 0.3) is 0 Å². The lowest BCUT2D eigenvalue weighted by atomic mass is 9.45. The van der Waals surface area contributed by atoms with E-state index < -0.39 is 0 Å². The minimum atomic E-state index is -0.292. The van der Waals surface area contributed by atoms with Crippen LogP contribution < -0.4 is 5.48 Å². The van der Waals surface area contributed by atoms with Crippen LogP contribution in [0, 0.1) is 34.5 Å². The first-order chi connectivity index (χ1) is 13.2. The monoisotopic (exact) mass is 389 g/mol. The molecule has 4 aliphatic carbocycles. The molecule has 4 rings (SSSR count). The number of ether oxygens (including phenoxy) is 1. The molecule has 5 nitrogen and oxygen atoms in total. The van der Waals surface area contributed by atoms with Gasteiger partial charge in [-0.2, -0.15) is 0 Å². The van der Waals surface area contributed by atoms with Crippen LogP contribution in [0.1, 0.15) is 79.1 Å². The van der Waals surface area contributed by atoms with Crippen LogP contribution in [-0.2, 0) is 19.2 Å². The molecule has 0 saturated heterocycles. The molecule has 0 unspecified atom stereocenters. The highest BCUT2D eigenvalue weighted by molar-refractivity contribution is 5.66. The zero-order valence-electron chi connectivity index (χ0n) is 17.8. The Morgan fingerprint density at radius 2 is 1.82 bits per heavy atom. The predicted octanol–water partition coefficient (Wildman–Crippen LogP) is 4.52. The third-order valence-electron chi connectivity index (χ3n) is 8.84. The molecule has 3 saturated carbocycles. The van der Waals surface area contributed by atoms with E-state index in [1.807, 2.05) is 0 Å². The largest absolute Gasteiger partial charge is 0.463 e. The van der Waals surface area contributed by atoms with Crippen LogP contribution in [0.4, 0.5) is 0 Å². The Kier molecular flexibility index (Phi) is 4.99. The molecule has 156 valence electrons. The summed E-state index contributed by atoms with van der Waals surface area (Å²) in [6.07, 6.45) is 11.6. The van der Waals surface area contributed by atoms with Crippen molar-refractivity contribution in [2.45, 2.75) is 85.2 Å². The summed E-state index contributed by atoms with van der Waals surface area (Å²) < 4.78 is 5.57. The van der Waals surface area contributed by atoms with E-state index in [1.165, 1.54) is 39.5 Å². The molecule has 0 radical (unpaired) electrons. The summed E-state index contributed by atoms with van der Waals surface area (Å²) in [5.41, 5.74) is 4.54. The van der Waals surface area contributed by atoms with E-state index >= 15 is 0 Å². The maximum absolute atomic E-state index is 11.4. The number of hydrogen-bond donors (Lipinski definition) is 1. The quantitative estimate of drug-likeness (QED) is 0.568. The maximum Gasteiger partial charge on any atom is 0.329 e. The molecule has 5 heteroatoms. The summed E-state index contributed by atoms with van der Waals surface area (Å²) in [5.74, 6) is 2.36. The van der Waals surface area contributed by atoms with E-state index in [-0.39, 0.29) is 23.5 Å². The first-order valence-electron chi connectivity index (χ1n) is 11.1. The van der Waals surface area contributed by atoms with Gasteiger partial charge in [-0.15, -0.1) is 0 Å². The Morgan fingerprint density at radius 3 is 2.54 bits per heavy atom. The second-order valence-electron chi connectivity index (χ2n) is 10.2. The van der Waals surface area contributed by atoms with E-state index in [2.05, 4.69) is 25.4 Å². The highest BCUT2D eigenvalue weighted by atomic mass is 16.7. The third kappa shape index (κ3) is 3.15. The van der Waals surface area contributed by atoms with Crippen LogP contribution >= 0.6 is 0 Å². The lowest BCUT2D eigenvalue weighted by molar-refractivity contribution is -0.160. The van der Waals surface area contributed by atoms with Crippen molar-refractivity contribution in [2.24, 2.45) is 34.5 Å². The summed E-state index contributed by atoms with van der Waals surface area (Å²) in [6.45, 7) is 7.84. The number of rotatable bonds is 3. The topological polar surface area (TPSA) is 64.6 Å². The molecule has 0 spiro atoms. The van der Waals surface area contributed by atoms with E-state index in [4.69, 9.17) is 9.57 Å². The normalized spacial score (nSPS) is 44.4. The summed E-state index contributed by atoms with van der Waals surface area (Å²) in [5, 5.41) is 0. The van der Waals surface area contributed by atoms with Gasteiger partial charge in [0.25, 0.3) is 0 Å². The smallest absolute Gasteiger partial charge is 0.329 e. The maximum atomic E-state index is 11.4. The molecule has 1 N–H and O–H groups in total. The van der Waals surface area contributed by atoms with Gasteiger partial charge in [-0.3, -0.25) is 9.59 Å². The Balaban J connectivity index is 1.48. The number of allylic oxidation sites excluding steroid dienone is 2. The van der Waals surface area contributed by atoms with Crippen molar-refractivity contribution in [3.05, 3.63) is 11.8 Å². The van der Waals surface area contributed by atoms with Gasteiger partial charge in [-0.05, 0) is 80.5 Å². The van der Waals surface area contributed by atoms with E-state index in [1.54, 1.807) is 0 Å². The van der Waals surface area contributed by atoms with E-state index in [0.29, 0.717) is 17.3 Å². The molecule has 0 aromatic carbocycles. The van der Waals surface area contributed by atoms with Crippen LogP contribution in [0.5, 0.6) is 0 Å². The molecule has 28 heavy (non-hydrogen) atoms. The minimum absolute atomic E-state index is 0.0920. The number of fused-ring (bicyclic) bond motifs is 5. The molecule has 0 aromatic heterocycles. The Morgan fingerprint density at radius 1 is 1.04 bits per heavy atom. The lowest BCUT2D eigenvalue weighted by Crippen LogP contribution is -2.54. The van der Waals surface area contributed by atoms with Gasteiger partial charge >= 0.3 is 11.9 Å². The Labute approximate surface area is 168 Å². The van der Waals surface area contributed by atoms with Crippen molar-refractivity contribution in [3.8, 4) is 0 Å². The minimum Gasteiger partial charge on any atom is -0.463 e. The third-order valence-corrected chi connectivity index (χ3v) is 8.84. The van der Waals surface area contributed by atoms with Gasteiger partial charge in [0.05, 0.1) is 5.70 Å². The number of carbonyl (C=O) groups excluding carboxylic acids is 2. The van der Waals surface area contributed by atoms with Gasteiger partial charge < -0.3 is 9.57 Å². The van der Waals surface area contributed by atoms with Crippen LogP contribution in [0.15, 0.2) is 11.8 Å². The molecule has 0 amide bonds. The standard InChI is InChI=1S/C23H35NO4/c1-14(25)27-17-9-11-22(3)16(13-17)5-6-18-19-7-8-21(24-28-15(2)26)23(19,4)12-10-20(18)22/h8,16-20,24H,5-7,9-13H2,1-4H3/t16-,17-,18+,19+,20+,22-,23-/m0/s1. The van der Waals surface area contributed by atoms with E-state index in [9.17, 15) is 9.59 Å². The molecule has 0 aliphatic heterocycles. The average molecular weight is 390 g/mol. The van der Waals surface area contributed by atoms with Crippen molar-refractivity contribution >= 4 is 11.9 Å². The molecule has 3 fully saturated rings. The fourth-order valence-electron chi connectivity index (χ4n) is 7.41. The Hall–Kier alpha value is -1.52. The number of esters is 1. The lowest BCUT2D eigenvalue weighted by Gasteiger charge is -2.60. The SMILES string of the molecule is CC(=O)ONC1=CC[C@@H]2[C@H]3CC[C@H]4C[C@@H](OC(C)=O)CC[C@]4(C)[C@@H]3CC[C@]12C. The highest BCUT2D eigenvalue weighted by Crippen LogP contribution is 2.66. The van der Waals surface area contributed by atoms with Gasteiger partial charge in [-0.25, -0.2) is 5.48 Å². The summed E-state index contributed by atoms with van der Waals surface area (Å²) in [4.78, 5) is 27.8. The first kappa shape index (κ1) is 19.8. The van der Waals surface area contributed by atoms with Gasteiger partial charge in [-0.1, -0.05) is 19.9 Å². The summed E-state index contributed by atoms with van der Waals surface area (Å²) in [7, 11) is 0. The molecule has 0 aromatic rings. The number of nitrogens with one attached hydrogen (secondary N) is 1. The highest BCUT2D eigenvalue weighted by Gasteiger charge is 2.59. The molecule has 0 heterocycles. The van der Waals surface area contributed by atoms with Gasteiger partial charge in [0.2, 0.25) is 0 Å². The fraction of sp³-hybridized carbons (Fsp3) is 0.826. The van der Waals surface area contributed by atoms with Crippen LogP contribution in [0.3, 0.4) is 0 Å². The Bertz CT molecular complexity index is 688. The van der Waals surface area contributed by atoms with Crippen molar-refractivity contribution in [1.82, 2.24) is 5.48 Å². The van der Waals surface area contributed by atoms with Crippen molar-refractivity contribution < 1.29 is 19.2 Å². The molecular formula is C23H35NO4. The molecule has 7 atom stereocenters. The second-order valence-corrected chi connectivity index (χ2v) is 10.2. The van der Waals surface area contributed by atoms with Gasteiger partial charge in [0.1, 0.15) is 6.10 Å². The van der Waals surface area contributed by atoms with Crippen LogP contribution in [0.2, 0.25) is 0 Å². The zero-order valence-corrected chi connectivity index (χ0v) is 17.8. The molecular weight excluding hydrogens is 354 g/mol. The van der Waals surface area contributed by atoms with Gasteiger partial charge in [0, 0.05) is 19.3 Å². The average Bonchev–Trinajstić information content (AvgIpc) is 2.96. The van der Waals surface area contributed by atoms with E-state index in [0.717, 1.165) is 43.2 Å². The zero-order chi connectivity index (χ0) is 20.1. The number of carbonyl (C=O) groups is 2. The summed E-state index contributed by atoms with van der Waals surface area (Å²) in [6, 6.07) is 0. The molecule has 4 aliphatic rings. The van der Waals surface area contributed by atoms with Crippen LogP contribution in [-0.4, -0.2) is 18.0 Å². The predicted molar refractivity (Wildman–Crippen MR) is 106 cm³/mol. The first-order valence-corrected chi connectivity index (χ1v) is 11.1. The van der Waals surface area contributed by atoms with Gasteiger partial charge in [0.15, 0.2) is 0 Å². The molecule has 0 bridgehead atoms. The second kappa shape index (κ2) is 7.07. The summed E-state index contributed by atoms with van der Waals surface area (Å²) >= 11 is 0. The fourth-order valence-corrected chi connectivity index (χ4v) is 7.41. The number of hydroxylamine groups is 1.